The molecule has 0 spiro atoms. The van der Waals surface area contributed by atoms with E-state index in [9.17, 15) is 14.2 Å². The van der Waals surface area contributed by atoms with E-state index in [1.54, 1.807) is 48.5 Å². The summed E-state index contributed by atoms with van der Waals surface area (Å²) in [7, 11) is -3.41. The van der Waals surface area contributed by atoms with Gasteiger partial charge < -0.3 is 4.57 Å². The summed E-state index contributed by atoms with van der Waals surface area (Å²) in [6.07, 6.45) is 1.35. The van der Waals surface area contributed by atoms with E-state index in [0.717, 1.165) is 0 Å². The highest BCUT2D eigenvalue weighted by atomic mass is 35.5. The number of rotatable bonds is 5. The largest absolute Gasteiger partial charge is 0.309 e. The standard InChI is InChI=1S/C20H13Cl2O3P/c21-17-10-14(12-23)6-8-19(17)26(25,16-4-2-1-3-5-16)20-9-7-15(13-24)11-18(20)22/h1-13H. The van der Waals surface area contributed by atoms with E-state index in [1.165, 1.54) is 12.1 Å². The molecule has 0 saturated carbocycles. The van der Waals surface area contributed by atoms with Crippen molar-refractivity contribution in [3.05, 3.63) is 87.9 Å². The summed E-state index contributed by atoms with van der Waals surface area (Å²) in [5.41, 5.74) is 0.779. The first-order valence-electron chi connectivity index (χ1n) is 7.67. The van der Waals surface area contributed by atoms with Gasteiger partial charge in [0.25, 0.3) is 0 Å². The van der Waals surface area contributed by atoms with Crippen LogP contribution in [0.25, 0.3) is 0 Å². The lowest BCUT2D eigenvalue weighted by Gasteiger charge is -2.22. The van der Waals surface area contributed by atoms with Gasteiger partial charge in [0.05, 0.1) is 10.0 Å². The maximum absolute atomic E-state index is 14.3. The molecule has 3 rings (SSSR count). The van der Waals surface area contributed by atoms with Crippen molar-refractivity contribution in [2.24, 2.45) is 0 Å². The van der Waals surface area contributed by atoms with Crippen molar-refractivity contribution < 1.29 is 14.2 Å². The second kappa shape index (κ2) is 7.59. The van der Waals surface area contributed by atoms with Crippen LogP contribution in [0, 0.1) is 0 Å². The fourth-order valence-corrected chi connectivity index (χ4v) is 6.55. The van der Waals surface area contributed by atoms with E-state index in [-0.39, 0.29) is 10.0 Å². The first-order valence-corrected chi connectivity index (χ1v) is 10.1. The molecule has 0 N–H and O–H groups in total. The second-order valence-electron chi connectivity index (χ2n) is 5.60. The van der Waals surface area contributed by atoms with Crippen LogP contribution in [0.5, 0.6) is 0 Å². The molecule has 0 heterocycles. The summed E-state index contributed by atoms with van der Waals surface area (Å²) < 4.78 is 14.3. The Morgan fingerprint density at radius 2 is 1.15 bits per heavy atom. The van der Waals surface area contributed by atoms with Gasteiger partial charge in [0, 0.05) is 27.0 Å². The van der Waals surface area contributed by atoms with Crippen molar-refractivity contribution in [3.8, 4) is 0 Å². The monoisotopic (exact) mass is 402 g/mol. The maximum Gasteiger partial charge on any atom is 0.173 e. The van der Waals surface area contributed by atoms with Crippen LogP contribution in [0.4, 0.5) is 0 Å². The molecule has 0 aliphatic heterocycles. The predicted octanol–water partition coefficient (Wildman–Crippen LogP) is 4.26. The molecule has 3 aromatic rings. The van der Waals surface area contributed by atoms with E-state index in [2.05, 4.69) is 0 Å². The van der Waals surface area contributed by atoms with Gasteiger partial charge in [0.15, 0.2) is 7.14 Å². The van der Waals surface area contributed by atoms with Gasteiger partial charge in [-0.25, -0.2) is 0 Å². The van der Waals surface area contributed by atoms with Gasteiger partial charge in [-0.05, 0) is 24.3 Å². The zero-order chi connectivity index (χ0) is 18.7. The van der Waals surface area contributed by atoms with Crippen LogP contribution in [0.15, 0.2) is 66.7 Å². The highest BCUT2D eigenvalue weighted by molar-refractivity contribution is 7.85. The van der Waals surface area contributed by atoms with Crippen LogP contribution in [0.1, 0.15) is 20.7 Å². The normalized spacial score (nSPS) is 11.2. The molecule has 0 unspecified atom stereocenters. The zero-order valence-electron chi connectivity index (χ0n) is 13.4. The highest BCUT2D eigenvalue weighted by Crippen LogP contribution is 2.46. The molecule has 0 fully saturated rings. The lowest BCUT2D eigenvalue weighted by atomic mass is 10.2. The van der Waals surface area contributed by atoms with Crippen LogP contribution in [-0.2, 0) is 4.57 Å². The Balaban J connectivity index is 2.34. The molecule has 0 saturated heterocycles. The summed E-state index contributed by atoms with van der Waals surface area (Å²) in [5, 5.41) is 1.77. The summed E-state index contributed by atoms with van der Waals surface area (Å²) in [4.78, 5) is 22.0. The third kappa shape index (κ3) is 3.26. The van der Waals surface area contributed by atoms with E-state index >= 15 is 0 Å². The molecule has 0 radical (unpaired) electrons. The van der Waals surface area contributed by atoms with Gasteiger partial charge in [0.2, 0.25) is 0 Å². The first-order chi connectivity index (χ1) is 12.5. The minimum Gasteiger partial charge on any atom is -0.309 e. The van der Waals surface area contributed by atoms with Crippen LogP contribution in [0.3, 0.4) is 0 Å². The Bertz CT molecular complexity index is 971. The molecule has 6 heteroatoms. The quantitative estimate of drug-likeness (QED) is 0.473. The molecule has 3 nitrogen and oxygen atoms in total. The van der Waals surface area contributed by atoms with Gasteiger partial charge in [-0.3, -0.25) is 9.59 Å². The Morgan fingerprint density at radius 1 is 0.692 bits per heavy atom. The third-order valence-electron chi connectivity index (χ3n) is 4.01. The summed E-state index contributed by atoms with van der Waals surface area (Å²) >= 11 is 12.7. The molecule has 0 aliphatic carbocycles. The number of carbonyl (C=O) groups excluding carboxylic acids is 2. The van der Waals surface area contributed by atoms with E-state index < -0.39 is 7.14 Å². The lowest BCUT2D eigenvalue weighted by Crippen LogP contribution is -2.26. The summed E-state index contributed by atoms with van der Waals surface area (Å²) in [6, 6.07) is 18.1. The topological polar surface area (TPSA) is 51.2 Å². The van der Waals surface area contributed by atoms with Gasteiger partial charge in [-0.1, -0.05) is 65.7 Å². The molecule has 0 aromatic heterocycles. The maximum atomic E-state index is 14.3. The van der Waals surface area contributed by atoms with Gasteiger partial charge in [-0.15, -0.1) is 0 Å². The van der Waals surface area contributed by atoms with Crippen LogP contribution >= 0.6 is 30.3 Å². The van der Waals surface area contributed by atoms with Crippen molar-refractivity contribution in [1.82, 2.24) is 0 Å². The van der Waals surface area contributed by atoms with Crippen LogP contribution in [-0.4, -0.2) is 12.6 Å². The molecule has 0 aliphatic rings. The molecule has 0 amide bonds. The number of aldehydes is 2. The summed E-state index contributed by atoms with van der Waals surface area (Å²) in [5.74, 6) is 0. The molecular weight excluding hydrogens is 390 g/mol. The number of carbonyl (C=O) groups is 2. The smallest absolute Gasteiger partial charge is 0.173 e. The van der Waals surface area contributed by atoms with Gasteiger partial charge in [0.1, 0.15) is 12.6 Å². The Kier molecular flexibility index (Phi) is 5.43. The fraction of sp³-hybridized carbons (Fsp3) is 0. The number of hydrogen-bond acceptors (Lipinski definition) is 3. The predicted molar refractivity (Wildman–Crippen MR) is 107 cm³/mol. The molecule has 0 atom stereocenters. The SMILES string of the molecule is O=Cc1ccc(P(=O)(c2ccccc2)c2ccc(C=O)cc2Cl)c(Cl)c1. The van der Waals surface area contributed by atoms with Crippen molar-refractivity contribution in [2.45, 2.75) is 0 Å². The minimum atomic E-state index is -3.41. The Morgan fingerprint density at radius 3 is 1.54 bits per heavy atom. The van der Waals surface area contributed by atoms with Crippen LogP contribution in [0.2, 0.25) is 10.0 Å². The lowest BCUT2D eigenvalue weighted by molar-refractivity contribution is 0.111. The van der Waals surface area contributed by atoms with Crippen LogP contribution < -0.4 is 15.9 Å². The number of benzene rings is 3. The molecule has 130 valence electrons. The second-order valence-corrected chi connectivity index (χ2v) is 9.12. The van der Waals surface area contributed by atoms with Crippen molar-refractivity contribution in [2.75, 3.05) is 0 Å². The average molecular weight is 403 g/mol. The zero-order valence-corrected chi connectivity index (χ0v) is 15.8. The van der Waals surface area contributed by atoms with Crippen molar-refractivity contribution >= 4 is 58.8 Å². The van der Waals surface area contributed by atoms with E-state index in [1.807, 2.05) is 6.07 Å². The number of hydrogen-bond donors (Lipinski definition) is 0. The fourth-order valence-electron chi connectivity index (χ4n) is 2.75. The molecular formula is C20H13Cl2O3P. The first kappa shape index (κ1) is 18.6. The Labute approximate surface area is 160 Å². The molecule has 26 heavy (non-hydrogen) atoms. The van der Waals surface area contributed by atoms with Gasteiger partial charge >= 0.3 is 0 Å². The van der Waals surface area contributed by atoms with E-state index in [0.29, 0.717) is 39.6 Å². The average Bonchev–Trinajstić information content (AvgIpc) is 2.67. The summed E-state index contributed by atoms with van der Waals surface area (Å²) in [6.45, 7) is 0. The van der Waals surface area contributed by atoms with Crippen molar-refractivity contribution in [3.63, 3.8) is 0 Å². The van der Waals surface area contributed by atoms with E-state index in [4.69, 9.17) is 23.2 Å². The third-order valence-corrected chi connectivity index (χ3v) is 8.07. The highest BCUT2D eigenvalue weighted by Gasteiger charge is 2.33. The molecule has 0 bridgehead atoms. The molecule has 3 aromatic carbocycles. The number of halogens is 2. The van der Waals surface area contributed by atoms with Crippen molar-refractivity contribution in [1.29, 1.82) is 0 Å². The minimum absolute atomic E-state index is 0.220. The Hall–Kier alpha value is -2.19. The van der Waals surface area contributed by atoms with Gasteiger partial charge in [-0.2, -0.15) is 0 Å².